The van der Waals surface area contributed by atoms with Gasteiger partial charge in [-0.1, -0.05) is 11.2 Å². The van der Waals surface area contributed by atoms with Crippen molar-refractivity contribution in [1.82, 2.24) is 0 Å². The summed E-state index contributed by atoms with van der Waals surface area (Å²) in [6, 6.07) is 3.57. The van der Waals surface area contributed by atoms with Gasteiger partial charge in [0, 0.05) is 11.5 Å². The number of carbonyl (C=O) groups excluding carboxylic acids is 1. The Morgan fingerprint density at radius 1 is 1.53 bits per heavy atom. The molecular weight excluding hydrogens is 253 g/mol. The highest BCUT2D eigenvalue weighted by Crippen LogP contribution is 2.22. The highest BCUT2D eigenvalue weighted by molar-refractivity contribution is 5.94. The van der Waals surface area contributed by atoms with E-state index in [0.29, 0.717) is 0 Å². The number of aliphatic hydroxyl groups excluding tert-OH is 2. The molecule has 0 bridgehead atoms. The Morgan fingerprint density at radius 3 is 2.79 bits per heavy atom. The number of carbonyl (C=O) groups is 1. The van der Waals surface area contributed by atoms with Crippen LogP contribution in [0, 0.1) is 5.82 Å². The number of ketones is 1. The standard InChI is InChI=1S/C12H14FN3O3/c1-7(17)9-6-8(2-3-10(9)13)12(19)11(18)4-5-15-16-14/h2-3,6,11-12,18-19H,4-5H2,1H3. The molecule has 1 rings (SSSR count). The summed E-state index contributed by atoms with van der Waals surface area (Å²) in [5.41, 5.74) is 8.19. The number of rotatable bonds is 6. The molecule has 6 nitrogen and oxygen atoms in total. The molecule has 2 unspecified atom stereocenters. The van der Waals surface area contributed by atoms with Crippen molar-refractivity contribution < 1.29 is 19.4 Å². The first-order valence-electron chi connectivity index (χ1n) is 5.64. The number of halogens is 1. The van der Waals surface area contributed by atoms with Crippen molar-refractivity contribution in [2.75, 3.05) is 6.54 Å². The second-order valence-electron chi connectivity index (χ2n) is 4.05. The minimum Gasteiger partial charge on any atom is -0.390 e. The monoisotopic (exact) mass is 267 g/mol. The van der Waals surface area contributed by atoms with Crippen LogP contribution in [0.15, 0.2) is 23.3 Å². The molecule has 0 saturated heterocycles. The quantitative estimate of drug-likeness (QED) is 0.357. The number of hydrogen-bond acceptors (Lipinski definition) is 4. The molecule has 0 saturated carbocycles. The van der Waals surface area contributed by atoms with Gasteiger partial charge in [-0.3, -0.25) is 4.79 Å². The van der Waals surface area contributed by atoms with Crippen LogP contribution in [0.25, 0.3) is 10.4 Å². The van der Waals surface area contributed by atoms with Gasteiger partial charge in [-0.15, -0.1) is 0 Å². The van der Waals surface area contributed by atoms with E-state index < -0.39 is 23.8 Å². The SMILES string of the molecule is CC(=O)c1cc(C(O)C(O)CCN=[N+]=[N-])ccc1F. The van der Waals surface area contributed by atoms with Crippen molar-refractivity contribution in [2.24, 2.45) is 5.11 Å². The van der Waals surface area contributed by atoms with Crippen molar-refractivity contribution in [1.29, 1.82) is 0 Å². The van der Waals surface area contributed by atoms with Crippen LogP contribution in [0.2, 0.25) is 0 Å². The summed E-state index contributed by atoms with van der Waals surface area (Å²) in [5.74, 6) is -1.14. The molecule has 0 heterocycles. The molecule has 0 spiro atoms. The van der Waals surface area contributed by atoms with Crippen LogP contribution < -0.4 is 0 Å². The second-order valence-corrected chi connectivity index (χ2v) is 4.05. The zero-order chi connectivity index (χ0) is 14.4. The summed E-state index contributed by atoms with van der Waals surface area (Å²) >= 11 is 0. The topological polar surface area (TPSA) is 106 Å². The molecule has 0 aromatic heterocycles. The third-order valence-electron chi connectivity index (χ3n) is 2.66. The first kappa shape index (κ1) is 15.1. The molecule has 0 aliphatic rings. The van der Waals surface area contributed by atoms with Crippen LogP contribution in [-0.2, 0) is 0 Å². The number of aliphatic hydroxyl groups is 2. The number of hydrogen-bond donors (Lipinski definition) is 2. The summed E-state index contributed by atoms with van der Waals surface area (Å²) in [6.07, 6.45) is -2.36. The summed E-state index contributed by atoms with van der Waals surface area (Å²) in [4.78, 5) is 13.7. The molecule has 0 aliphatic heterocycles. The van der Waals surface area contributed by atoms with Gasteiger partial charge in [-0.2, -0.15) is 0 Å². The van der Waals surface area contributed by atoms with Gasteiger partial charge in [-0.05, 0) is 36.6 Å². The van der Waals surface area contributed by atoms with Crippen molar-refractivity contribution in [3.05, 3.63) is 45.6 Å². The van der Waals surface area contributed by atoms with Gasteiger partial charge in [0.25, 0.3) is 0 Å². The Hall–Kier alpha value is -1.95. The lowest BCUT2D eigenvalue weighted by molar-refractivity contribution is 0.0149. The van der Waals surface area contributed by atoms with E-state index in [-0.39, 0.29) is 24.1 Å². The number of benzene rings is 1. The minimum absolute atomic E-state index is 0.0372. The van der Waals surface area contributed by atoms with E-state index in [9.17, 15) is 19.4 Å². The largest absolute Gasteiger partial charge is 0.390 e. The van der Waals surface area contributed by atoms with E-state index in [4.69, 9.17) is 5.53 Å². The van der Waals surface area contributed by atoms with Gasteiger partial charge in [0.05, 0.1) is 11.7 Å². The van der Waals surface area contributed by atoms with Gasteiger partial charge < -0.3 is 10.2 Å². The van der Waals surface area contributed by atoms with Gasteiger partial charge in [-0.25, -0.2) is 4.39 Å². The van der Waals surface area contributed by atoms with E-state index in [1.807, 2.05) is 0 Å². The summed E-state index contributed by atoms with van der Waals surface area (Å²) < 4.78 is 13.3. The van der Waals surface area contributed by atoms with Gasteiger partial charge in [0.2, 0.25) is 0 Å². The Balaban J connectivity index is 2.87. The zero-order valence-electron chi connectivity index (χ0n) is 10.3. The fraction of sp³-hybridized carbons (Fsp3) is 0.417. The minimum atomic E-state index is -1.27. The normalized spacial score (nSPS) is 13.5. The smallest absolute Gasteiger partial charge is 0.162 e. The van der Waals surface area contributed by atoms with Crippen LogP contribution >= 0.6 is 0 Å². The maximum absolute atomic E-state index is 13.3. The first-order chi connectivity index (χ1) is 8.97. The van der Waals surface area contributed by atoms with Crippen LogP contribution in [0.5, 0.6) is 0 Å². The molecule has 19 heavy (non-hydrogen) atoms. The summed E-state index contributed by atoms with van der Waals surface area (Å²) in [6.45, 7) is 1.25. The van der Waals surface area contributed by atoms with Gasteiger partial charge in [0.1, 0.15) is 11.9 Å². The molecule has 1 aromatic carbocycles. The van der Waals surface area contributed by atoms with Crippen LogP contribution in [-0.4, -0.2) is 28.6 Å². The molecule has 1 aromatic rings. The van der Waals surface area contributed by atoms with Crippen molar-refractivity contribution >= 4 is 5.78 Å². The fourth-order valence-corrected chi connectivity index (χ4v) is 1.61. The zero-order valence-corrected chi connectivity index (χ0v) is 10.3. The van der Waals surface area contributed by atoms with E-state index in [0.717, 1.165) is 6.07 Å². The molecule has 102 valence electrons. The van der Waals surface area contributed by atoms with E-state index in [1.54, 1.807) is 0 Å². The molecule has 0 radical (unpaired) electrons. The van der Waals surface area contributed by atoms with Crippen LogP contribution in [0.1, 0.15) is 35.4 Å². The Kier molecular flexibility index (Phi) is 5.44. The summed E-state index contributed by atoms with van der Waals surface area (Å²) in [5, 5.41) is 22.8. The Labute approximate surface area is 109 Å². The lowest BCUT2D eigenvalue weighted by Crippen LogP contribution is -2.19. The molecule has 7 heteroatoms. The Morgan fingerprint density at radius 2 is 2.21 bits per heavy atom. The maximum Gasteiger partial charge on any atom is 0.162 e. The molecular formula is C12H14FN3O3. The first-order valence-corrected chi connectivity index (χ1v) is 5.64. The average Bonchev–Trinajstić information content (AvgIpc) is 2.38. The predicted molar refractivity (Wildman–Crippen MR) is 66.0 cm³/mol. The van der Waals surface area contributed by atoms with E-state index in [2.05, 4.69) is 10.0 Å². The number of Topliss-reactive ketones (excluding diaryl/α,β-unsaturated/α-hetero) is 1. The third-order valence-corrected chi connectivity index (χ3v) is 2.66. The van der Waals surface area contributed by atoms with Crippen molar-refractivity contribution in [3.63, 3.8) is 0 Å². The predicted octanol–water partition coefficient (Wildman–Crippen LogP) is 2.12. The highest BCUT2D eigenvalue weighted by atomic mass is 19.1. The molecule has 0 aliphatic carbocycles. The van der Waals surface area contributed by atoms with Crippen molar-refractivity contribution in [2.45, 2.75) is 25.6 Å². The van der Waals surface area contributed by atoms with E-state index >= 15 is 0 Å². The second kappa shape index (κ2) is 6.84. The van der Waals surface area contributed by atoms with Crippen LogP contribution in [0.3, 0.4) is 0 Å². The van der Waals surface area contributed by atoms with Gasteiger partial charge in [0.15, 0.2) is 5.78 Å². The molecule has 2 N–H and O–H groups in total. The third kappa shape index (κ3) is 4.03. The summed E-state index contributed by atoms with van der Waals surface area (Å²) in [7, 11) is 0. The highest BCUT2D eigenvalue weighted by Gasteiger charge is 2.19. The lowest BCUT2D eigenvalue weighted by atomic mass is 9.99. The lowest BCUT2D eigenvalue weighted by Gasteiger charge is -2.18. The van der Waals surface area contributed by atoms with Crippen LogP contribution in [0.4, 0.5) is 4.39 Å². The van der Waals surface area contributed by atoms with Gasteiger partial charge >= 0.3 is 0 Å². The van der Waals surface area contributed by atoms with E-state index in [1.165, 1.54) is 19.1 Å². The number of nitrogens with zero attached hydrogens (tertiary/aromatic N) is 3. The van der Waals surface area contributed by atoms with Crippen molar-refractivity contribution in [3.8, 4) is 0 Å². The molecule has 0 fully saturated rings. The maximum atomic E-state index is 13.3. The fourth-order valence-electron chi connectivity index (χ4n) is 1.61. The average molecular weight is 267 g/mol. The molecule has 2 atom stereocenters. The number of azide groups is 1. The Bertz CT molecular complexity index is 515. The molecule has 0 amide bonds.